The van der Waals surface area contributed by atoms with E-state index in [1.807, 2.05) is 6.07 Å². The van der Waals surface area contributed by atoms with Crippen LogP contribution in [0.5, 0.6) is 0 Å². The summed E-state index contributed by atoms with van der Waals surface area (Å²) in [7, 11) is 0. The number of nitriles is 1. The summed E-state index contributed by atoms with van der Waals surface area (Å²) in [4.78, 5) is 23.3. The van der Waals surface area contributed by atoms with E-state index in [4.69, 9.17) is 4.74 Å². The molecule has 1 aromatic rings. The third-order valence-electron chi connectivity index (χ3n) is 3.28. The Balaban J connectivity index is 2.30. The van der Waals surface area contributed by atoms with Gasteiger partial charge in [-0.15, -0.1) is 0 Å². The van der Waals surface area contributed by atoms with Gasteiger partial charge in [-0.2, -0.15) is 5.26 Å². The van der Waals surface area contributed by atoms with E-state index in [-0.39, 0.29) is 35.3 Å². The molecule has 1 aromatic carbocycles. The van der Waals surface area contributed by atoms with Crippen molar-refractivity contribution in [1.29, 1.82) is 5.26 Å². The third-order valence-corrected chi connectivity index (χ3v) is 4.27. The number of carbonyl (C=O) groups is 2. The lowest BCUT2D eigenvalue weighted by atomic mass is 9.87. The van der Waals surface area contributed by atoms with Crippen molar-refractivity contribution in [1.82, 2.24) is 5.32 Å². The van der Waals surface area contributed by atoms with E-state index in [1.165, 1.54) is 6.07 Å². The number of ether oxygens (including phenoxy) is 1. The first-order valence-corrected chi connectivity index (χ1v) is 8.02. The summed E-state index contributed by atoms with van der Waals surface area (Å²) < 4.78 is 18.8. The van der Waals surface area contributed by atoms with Gasteiger partial charge in [-0.3, -0.25) is 9.59 Å². The van der Waals surface area contributed by atoms with Crippen LogP contribution >= 0.6 is 11.8 Å². The van der Waals surface area contributed by atoms with E-state index >= 15 is 0 Å². The van der Waals surface area contributed by atoms with Crippen LogP contribution < -0.4 is 5.32 Å². The highest BCUT2D eigenvalue weighted by atomic mass is 32.2. The number of amides is 1. The summed E-state index contributed by atoms with van der Waals surface area (Å²) in [5.74, 6) is -1.90. The normalized spacial score (nSPS) is 17.4. The molecule has 0 saturated carbocycles. The number of nitrogens with one attached hydrogen (secondary N) is 1. The van der Waals surface area contributed by atoms with Gasteiger partial charge in [0.15, 0.2) is 0 Å². The Morgan fingerprint density at radius 1 is 1.52 bits per heavy atom. The van der Waals surface area contributed by atoms with Gasteiger partial charge in [-0.1, -0.05) is 30.0 Å². The molecule has 0 aliphatic carbocycles. The van der Waals surface area contributed by atoms with Gasteiger partial charge in [-0.05, 0) is 18.6 Å². The van der Waals surface area contributed by atoms with Gasteiger partial charge in [0.05, 0.1) is 29.0 Å². The molecular formula is C16H15FN2O3S. The summed E-state index contributed by atoms with van der Waals surface area (Å²) in [6, 6.07) is 8.09. The smallest absolute Gasteiger partial charge is 0.316 e. The van der Waals surface area contributed by atoms with Gasteiger partial charge < -0.3 is 10.1 Å². The van der Waals surface area contributed by atoms with Gasteiger partial charge in [0.2, 0.25) is 5.91 Å². The molecule has 1 aliphatic rings. The highest BCUT2D eigenvalue weighted by Crippen LogP contribution is 2.36. The van der Waals surface area contributed by atoms with Gasteiger partial charge in [0.1, 0.15) is 5.82 Å². The highest BCUT2D eigenvalue weighted by molar-refractivity contribution is 8.03. The molecule has 0 spiro atoms. The van der Waals surface area contributed by atoms with Crippen molar-refractivity contribution in [2.24, 2.45) is 0 Å². The molecule has 1 heterocycles. The van der Waals surface area contributed by atoms with Crippen molar-refractivity contribution < 1.29 is 18.7 Å². The van der Waals surface area contributed by atoms with Gasteiger partial charge >= 0.3 is 5.97 Å². The zero-order valence-corrected chi connectivity index (χ0v) is 13.3. The van der Waals surface area contributed by atoms with Crippen LogP contribution in [0.3, 0.4) is 0 Å². The standard InChI is InChI=1S/C16H15FN2O3S/c1-2-22-15(21)9-23-16-12(8-18)11(7-14(20)19-16)10-5-3-4-6-13(10)17/h3-6,11H,2,7,9H2,1H3,(H,19,20)/t11-/m1/s1. The van der Waals surface area contributed by atoms with E-state index in [0.29, 0.717) is 5.56 Å². The van der Waals surface area contributed by atoms with Gasteiger partial charge in [-0.25, -0.2) is 4.39 Å². The SMILES string of the molecule is CCOC(=O)CSC1=C(C#N)[C@@H](c2ccccc2F)CC(=O)N1. The van der Waals surface area contributed by atoms with Gasteiger partial charge in [0, 0.05) is 12.3 Å². The lowest BCUT2D eigenvalue weighted by Crippen LogP contribution is -2.31. The fourth-order valence-corrected chi connectivity index (χ4v) is 3.17. The summed E-state index contributed by atoms with van der Waals surface area (Å²) >= 11 is 1.01. The number of allylic oxidation sites excluding steroid dienone is 1. The average molecular weight is 334 g/mol. The van der Waals surface area contributed by atoms with Crippen LogP contribution in [0.2, 0.25) is 0 Å². The number of esters is 1. The third kappa shape index (κ3) is 4.11. The predicted octanol–water partition coefficient (Wildman–Crippen LogP) is 2.46. The maximum absolute atomic E-state index is 14.0. The van der Waals surface area contributed by atoms with Crippen LogP contribution in [0, 0.1) is 17.1 Å². The summed E-state index contributed by atoms with van der Waals surface area (Å²) in [6.07, 6.45) is -0.00665. The Morgan fingerprint density at radius 2 is 2.26 bits per heavy atom. The van der Waals surface area contributed by atoms with Crippen molar-refractivity contribution in [3.63, 3.8) is 0 Å². The second kappa shape index (κ2) is 7.79. The zero-order chi connectivity index (χ0) is 16.8. The Kier molecular flexibility index (Phi) is 5.77. The highest BCUT2D eigenvalue weighted by Gasteiger charge is 2.31. The number of benzene rings is 1. The lowest BCUT2D eigenvalue weighted by molar-refractivity contribution is -0.139. The fraction of sp³-hybridized carbons (Fsp3) is 0.312. The van der Waals surface area contributed by atoms with Crippen LogP contribution in [-0.4, -0.2) is 24.2 Å². The van der Waals surface area contributed by atoms with Crippen LogP contribution in [0.15, 0.2) is 34.9 Å². The molecule has 0 fully saturated rings. The van der Waals surface area contributed by atoms with E-state index in [9.17, 15) is 19.2 Å². The molecule has 1 amide bonds. The first-order chi connectivity index (χ1) is 11.1. The van der Waals surface area contributed by atoms with Crippen LogP contribution in [0.1, 0.15) is 24.8 Å². The zero-order valence-electron chi connectivity index (χ0n) is 12.5. The number of thioether (sulfide) groups is 1. The van der Waals surface area contributed by atoms with Crippen molar-refractivity contribution in [2.45, 2.75) is 19.3 Å². The second-order valence-electron chi connectivity index (χ2n) is 4.77. The van der Waals surface area contributed by atoms with Crippen molar-refractivity contribution in [3.8, 4) is 6.07 Å². The van der Waals surface area contributed by atoms with E-state index in [2.05, 4.69) is 5.32 Å². The number of hydrogen-bond acceptors (Lipinski definition) is 5. The second-order valence-corrected chi connectivity index (χ2v) is 5.76. The molecule has 1 atom stereocenters. The Morgan fingerprint density at radius 3 is 2.91 bits per heavy atom. The minimum Gasteiger partial charge on any atom is -0.465 e. The molecule has 2 rings (SSSR count). The minimum atomic E-state index is -0.653. The monoisotopic (exact) mass is 334 g/mol. The Bertz CT molecular complexity index is 697. The largest absolute Gasteiger partial charge is 0.465 e. The lowest BCUT2D eigenvalue weighted by Gasteiger charge is -2.25. The summed E-state index contributed by atoms with van der Waals surface area (Å²) in [5.41, 5.74) is 0.553. The predicted molar refractivity (Wildman–Crippen MR) is 83.6 cm³/mol. The molecule has 120 valence electrons. The van der Waals surface area contributed by atoms with Crippen LogP contribution in [0.25, 0.3) is 0 Å². The molecule has 23 heavy (non-hydrogen) atoms. The maximum atomic E-state index is 14.0. The fourth-order valence-electron chi connectivity index (χ4n) is 2.29. The Hall–Kier alpha value is -2.33. The Labute approximate surface area is 137 Å². The number of halogens is 1. The number of nitrogens with zero attached hydrogens (tertiary/aromatic N) is 1. The van der Waals surface area contributed by atoms with Crippen molar-refractivity contribution >= 4 is 23.6 Å². The molecule has 7 heteroatoms. The quantitative estimate of drug-likeness (QED) is 0.837. The average Bonchev–Trinajstić information content (AvgIpc) is 2.53. The van der Waals surface area contributed by atoms with Crippen molar-refractivity contribution in [3.05, 3.63) is 46.2 Å². The molecule has 0 radical (unpaired) electrons. The first-order valence-electron chi connectivity index (χ1n) is 7.03. The minimum absolute atomic E-state index is 0.00665. The molecule has 0 saturated heterocycles. The molecule has 1 N–H and O–H groups in total. The molecule has 5 nitrogen and oxygen atoms in total. The van der Waals surface area contributed by atoms with Crippen LogP contribution in [-0.2, 0) is 14.3 Å². The number of hydrogen-bond donors (Lipinski definition) is 1. The number of carbonyl (C=O) groups excluding carboxylic acids is 2. The summed E-state index contributed by atoms with van der Waals surface area (Å²) in [6.45, 7) is 1.95. The molecule has 0 unspecified atom stereocenters. The molecular weight excluding hydrogens is 319 g/mol. The van der Waals surface area contributed by atoms with E-state index < -0.39 is 17.7 Å². The van der Waals surface area contributed by atoms with Crippen molar-refractivity contribution in [2.75, 3.05) is 12.4 Å². The number of rotatable bonds is 5. The van der Waals surface area contributed by atoms with Crippen LogP contribution in [0.4, 0.5) is 4.39 Å². The molecule has 1 aliphatic heterocycles. The summed E-state index contributed by atoms with van der Waals surface area (Å²) in [5, 5.41) is 12.3. The maximum Gasteiger partial charge on any atom is 0.316 e. The topological polar surface area (TPSA) is 79.2 Å². The molecule has 0 aromatic heterocycles. The molecule has 0 bridgehead atoms. The van der Waals surface area contributed by atoms with Gasteiger partial charge in [0.25, 0.3) is 0 Å². The first kappa shape index (κ1) is 17.0. The van der Waals surface area contributed by atoms with E-state index in [1.54, 1.807) is 25.1 Å². The van der Waals surface area contributed by atoms with E-state index in [0.717, 1.165) is 11.8 Å².